The lowest BCUT2D eigenvalue weighted by Crippen LogP contribution is -2.34. The molecular weight excluding hydrogens is 264 g/mol. The Morgan fingerprint density at radius 1 is 1.37 bits per heavy atom. The van der Waals surface area contributed by atoms with Crippen molar-refractivity contribution in [3.8, 4) is 5.75 Å². The van der Waals surface area contributed by atoms with Gasteiger partial charge in [-0.2, -0.15) is 4.31 Å². The van der Waals surface area contributed by atoms with E-state index in [2.05, 4.69) is 0 Å². The zero-order chi connectivity index (χ0) is 14.1. The van der Waals surface area contributed by atoms with Gasteiger partial charge in [-0.25, -0.2) is 8.42 Å². The lowest BCUT2D eigenvalue weighted by Gasteiger charge is -2.22. The minimum absolute atomic E-state index is 0.112. The van der Waals surface area contributed by atoms with E-state index >= 15 is 0 Å². The van der Waals surface area contributed by atoms with Crippen LogP contribution in [0.1, 0.15) is 13.3 Å². The molecule has 19 heavy (non-hydrogen) atoms. The average Bonchev–Trinajstić information content (AvgIpc) is 2.83. The minimum Gasteiger partial charge on any atom is -0.497 e. The van der Waals surface area contributed by atoms with E-state index in [0.717, 1.165) is 6.42 Å². The molecule has 1 unspecified atom stereocenters. The van der Waals surface area contributed by atoms with Crippen LogP contribution in [0.3, 0.4) is 0 Å². The molecule has 1 aromatic rings. The molecule has 1 saturated heterocycles. The van der Waals surface area contributed by atoms with E-state index < -0.39 is 10.0 Å². The molecular formula is C13H20N2O3S. The fraction of sp³-hybridized carbons (Fsp3) is 0.538. The summed E-state index contributed by atoms with van der Waals surface area (Å²) >= 11 is 0. The van der Waals surface area contributed by atoms with E-state index in [1.807, 2.05) is 6.92 Å². The number of nitrogens with zero attached hydrogens (tertiary/aromatic N) is 1. The van der Waals surface area contributed by atoms with Crippen molar-refractivity contribution in [2.24, 2.45) is 11.1 Å². The number of hydrogen-bond acceptors (Lipinski definition) is 4. The Kier molecular flexibility index (Phi) is 3.85. The number of methoxy groups -OCH3 is 1. The molecule has 6 heteroatoms. The summed E-state index contributed by atoms with van der Waals surface area (Å²) in [5.74, 6) is 0.646. The Labute approximate surface area is 114 Å². The average molecular weight is 284 g/mol. The molecule has 1 aromatic carbocycles. The lowest BCUT2D eigenvalue weighted by molar-refractivity contribution is 0.349. The number of ether oxygens (including phenoxy) is 1. The Morgan fingerprint density at radius 3 is 2.47 bits per heavy atom. The highest BCUT2D eigenvalue weighted by atomic mass is 32.2. The summed E-state index contributed by atoms with van der Waals surface area (Å²) in [5.41, 5.74) is 5.60. The van der Waals surface area contributed by atoms with E-state index in [1.165, 1.54) is 4.31 Å². The molecule has 106 valence electrons. The van der Waals surface area contributed by atoms with Crippen molar-refractivity contribution in [1.29, 1.82) is 0 Å². The van der Waals surface area contributed by atoms with Crippen molar-refractivity contribution < 1.29 is 13.2 Å². The van der Waals surface area contributed by atoms with Gasteiger partial charge in [-0.1, -0.05) is 6.92 Å². The number of sulfonamides is 1. The highest BCUT2D eigenvalue weighted by molar-refractivity contribution is 7.89. The molecule has 1 atom stereocenters. The molecule has 0 aromatic heterocycles. The van der Waals surface area contributed by atoms with Crippen LogP contribution in [0.5, 0.6) is 5.75 Å². The molecule has 2 N–H and O–H groups in total. The second-order valence-electron chi connectivity index (χ2n) is 5.28. The van der Waals surface area contributed by atoms with Gasteiger partial charge in [0, 0.05) is 13.1 Å². The van der Waals surface area contributed by atoms with Crippen LogP contribution >= 0.6 is 0 Å². The quantitative estimate of drug-likeness (QED) is 0.897. The number of hydrogen-bond donors (Lipinski definition) is 1. The maximum atomic E-state index is 12.5. The maximum absolute atomic E-state index is 12.5. The topological polar surface area (TPSA) is 72.6 Å². The molecule has 0 aliphatic carbocycles. The summed E-state index contributed by atoms with van der Waals surface area (Å²) in [6.45, 7) is 3.54. The van der Waals surface area contributed by atoms with Crippen LogP contribution in [0.4, 0.5) is 0 Å². The van der Waals surface area contributed by atoms with E-state index in [9.17, 15) is 8.42 Å². The molecule has 0 radical (unpaired) electrons. The molecule has 0 amide bonds. The summed E-state index contributed by atoms with van der Waals surface area (Å²) in [6.07, 6.45) is 0.804. The first-order valence-corrected chi connectivity index (χ1v) is 7.70. The first kappa shape index (κ1) is 14.3. The number of rotatable bonds is 4. The van der Waals surface area contributed by atoms with Crippen molar-refractivity contribution in [1.82, 2.24) is 4.31 Å². The third-order valence-electron chi connectivity index (χ3n) is 3.71. The summed E-state index contributed by atoms with van der Waals surface area (Å²) in [6, 6.07) is 6.47. The zero-order valence-electron chi connectivity index (χ0n) is 11.3. The summed E-state index contributed by atoms with van der Waals surface area (Å²) in [7, 11) is -1.87. The summed E-state index contributed by atoms with van der Waals surface area (Å²) < 4.78 is 31.5. The van der Waals surface area contributed by atoms with Gasteiger partial charge in [-0.3, -0.25) is 0 Å². The lowest BCUT2D eigenvalue weighted by atomic mass is 9.90. The molecule has 5 nitrogen and oxygen atoms in total. The van der Waals surface area contributed by atoms with Crippen molar-refractivity contribution >= 4 is 10.0 Å². The second-order valence-corrected chi connectivity index (χ2v) is 7.22. The highest BCUT2D eigenvalue weighted by Gasteiger charge is 2.38. The Bertz CT molecular complexity index is 542. The van der Waals surface area contributed by atoms with E-state index in [0.29, 0.717) is 30.3 Å². The van der Waals surface area contributed by atoms with Crippen LogP contribution in [-0.4, -0.2) is 39.5 Å². The normalized spacial score (nSPS) is 24.6. The molecule has 0 bridgehead atoms. The fourth-order valence-corrected chi connectivity index (χ4v) is 3.84. The van der Waals surface area contributed by atoms with Crippen molar-refractivity contribution in [3.63, 3.8) is 0 Å². The molecule has 1 fully saturated rings. The monoisotopic (exact) mass is 284 g/mol. The zero-order valence-corrected chi connectivity index (χ0v) is 12.1. The van der Waals surface area contributed by atoms with Crippen LogP contribution in [0.15, 0.2) is 29.2 Å². The van der Waals surface area contributed by atoms with Crippen LogP contribution in [0.25, 0.3) is 0 Å². The Morgan fingerprint density at radius 2 is 2.00 bits per heavy atom. The van der Waals surface area contributed by atoms with E-state index in [1.54, 1.807) is 31.4 Å². The largest absolute Gasteiger partial charge is 0.497 e. The Hall–Kier alpha value is -1.11. The van der Waals surface area contributed by atoms with Gasteiger partial charge in [0.2, 0.25) is 10.0 Å². The molecule has 0 saturated carbocycles. The van der Waals surface area contributed by atoms with Crippen molar-refractivity contribution in [3.05, 3.63) is 24.3 Å². The highest BCUT2D eigenvalue weighted by Crippen LogP contribution is 2.32. The first-order valence-electron chi connectivity index (χ1n) is 6.26. The Balaban J connectivity index is 2.23. The number of nitrogens with two attached hydrogens (primary N) is 1. The van der Waals surface area contributed by atoms with Gasteiger partial charge < -0.3 is 10.5 Å². The summed E-state index contributed by atoms with van der Waals surface area (Å²) in [5, 5.41) is 0. The maximum Gasteiger partial charge on any atom is 0.243 e. The third-order valence-corrected chi connectivity index (χ3v) is 5.57. The smallest absolute Gasteiger partial charge is 0.243 e. The second kappa shape index (κ2) is 5.11. The molecule has 1 aliphatic rings. The van der Waals surface area contributed by atoms with Crippen molar-refractivity contribution in [2.45, 2.75) is 18.2 Å². The van der Waals surface area contributed by atoms with Crippen LogP contribution in [-0.2, 0) is 10.0 Å². The van der Waals surface area contributed by atoms with Crippen molar-refractivity contribution in [2.75, 3.05) is 26.7 Å². The van der Waals surface area contributed by atoms with Gasteiger partial charge in [0.15, 0.2) is 0 Å². The molecule has 0 spiro atoms. The van der Waals surface area contributed by atoms with Crippen LogP contribution in [0.2, 0.25) is 0 Å². The van der Waals surface area contributed by atoms with Gasteiger partial charge >= 0.3 is 0 Å². The first-order chi connectivity index (χ1) is 8.91. The standard InChI is InChI=1S/C13H20N2O3S/c1-13(9-14)7-8-15(10-13)19(16,17)12-5-3-11(18-2)4-6-12/h3-6H,7-10,14H2,1-2H3. The van der Waals surface area contributed by atoms with Gasteiger partial charge in [0.05, 0.1) is 12.0 Å². The van der Waals surface area contributed by atoms with Gasteiger partial charge in [0.25, 0.3) is 0 Å². The fourth-order valence-electron chi connectivity index (χ4n) is 2.25. The molecule has 1 aliphatic heterocycles. The van der Waals surface area contributed by atoms with Crippen LogP contribution in [0, 0.1) is 5.41 Å². The van der Waals surface area contributed by atoms with E-state index in [4.69, 9.17) is 10.5 Å². The molecule has 1 heterocycles. The number of benzene rings is 1. The van der Waals surface area contributed by atoms with E-state index in [-0.39, 0.29) is 5.41 Å². The third kappa shape index (κ3) is 2.75. The predicted octanol–water partition coefficient (Wildman–Crippen LogP) is 1.05. The predicted molar refractivity (Wildman–Crippen MR) is 73.5 cm³/mol. The van der Waals surface area contributed by atoms with Gasteiger partial charge in [-0.05, 0) is 42.6 Å². The molecule has 2 rings (SSSR count). The summed E-state index contributed by atoms with van der Waals surface area (Å²) in [4.78, 5) is 0.301. The van der Waals surface area contributed by atoms with Gasteiger partial charge in [-0.15, -0.1) is 0 Å². The van der Waals surface area contributed by atoms with Crippen LogP contribution < -0.4 is 10.5 Å². The van der Waals surface area contributed by atoms with Gasteiger partial charge in [0.1, 0.15) is 5.75 Å². The SMILES string of the molecule is COc1ccc(S(=O)(=O)N2CCC(C)(CN)C2)cc1. The minimum atomic E-state index is -3.42.